The first kappa shape index (κ1) is 13.4. The molecule has 0 unspecified atom stereocenters. The summed E-state index contributed by atoms with van der Waals surface area (Å²) in [5.41, 5.74) is 1.71. The highest BCUT2D eigenvalue weighted by Gasteiger charge is 2.15. The molecule has 106 valence electrons. The highest BCUT2D eigenvalue weighted by molar-refractivity contribution is 6.00. The fourth-order valence-corrected chi connectivity index (χ4v) is 3.26. The molecule has 1 fully saturated rings. The van der Waals surface area contributed by atoms with E-state index in [1.54, 1.807) is 6.07 Å². The second-order valence-corrected chi connectivity index (χ2v) is 5.83. The summed E-state index contributed by atoms with van der Waals surface area (Å²) >= 11 is 0. The smallest absolute Gasteiger partial charge is 0.188 e. The monoisotopic (exact) mass is 271 g/mol. The zero-order valence-corrected chi connectivity index (χ0v) is 11.7. The summed E-state index contributed by atoms with van der Waals surface area (Å²) in [6, 6.07) is 7.78. The Morgan fingerprint density at radius 3 is 2.75 bits per heavy atom. The number of aromatic nitrogens is 1. The van der Waals surface area contributed by atoms with Crippen LogP contribution < -0.4 is 0 Å². The van der Waals surface area contributed by atoms with Gasteiger partial charge in [0.25, 0.3) is 0 Å². The number of nitrogens with zero attached hydrogens (tertiary/aromatic N) is 1. The average Bonchev–Trinajstić information content (AvgIpc) is 2.90. The van der Waals surface area contributed by atoms with E-state index in [1.165, 1.54) is 32.1 Å². The Hall–Kier alpha value is -1.61. The van der Waals surface area contributed by atoms with Crippen molar-refractivity contribution in [2.45, 2.75) is 38.6 Å². The largest absolute Gasteiger partial charge is 0.388 e. The van der Waals surface area contributed by atoms with Gasteiger partial charge in [0.05, 0.1) is 0 Å². The third-order valence-corrected chi connectivity index (χ3v) is 4.42. The lowest BCUT2D eigenvalue weighted by molar-refractivity contribution is 0.0904. The van der Waals surface area contributed by atoms with Crippen LogP contribution in [0.3, 0.4) is 0 Å². The van der Waals surface area contributed by atoms with Crippen LogP contribution in [0.4, 0.5) is 0 Å². The number of Topliss-reactive ketones (excluding diaryl/α,β-unsaturated/α-hetero) is 1. The summed E-state index contributed by atoms with van der Waals surface area (Å²) in [5.74, 6) is 0.550. The summed E-state index contributed by atoms with van der Waals surface area (Å²) in [4.78, 5) is 11.6. The molecule has 1 aliphatic carbocycles. The second kappa shape index (κ2) is 5.80. The van der Waals surface area contributed by atoms with Gasteiger partial charge in [-0.15, -0.1) is 0 Å². The first-order chi connectivity index (χ1) is 9.78. The zero-order chi connectivity index (χ0) is 13.9. The number of hydrogen-bond donors (Lipinski definition) is 1. The van der Waals surface area contributed by atoms with Gasteiger partial charge in [0, 0.05) is 23.8 Å². The molecule has 0 bridgehead atoms. The third-order valence-electron chi connectivity index (χ3n) is 4.42. The van der Waals surface area contributed by atoms with E-state index >= 15 is 0 Å². The molecule has 1 N–H and O–H groups in total. The number of aliphatic hydroxyl groups is 1. The molecule has 0 atom stereocenters. The molecule has 1 aromatic heterocycles. The van der Waals surface area contributed by atoms with Gasteiger partial charge in [-0.2, -0.15) is 0 Å². The van der Waals surface area contributed by atoms with Crippen molar-refractivity contribution in [1.29, 1.82) is 0 Å². The van der Waals surface area contributed by atoms with Crippen molar-refractivity contribution >= 4 is 16.7 Å². The maximum absolute atomic E-state index is 11.6. The number of hydrogen-bond acceptors (Lipinski definition) is 2. The van der Waals surface area contributed by atoms with Crippen molar-refractivity contribution in [2.75, 3.05) is 6.61 Å². The molecule has 3 nitrogen and oxygen atoms in total. The lowest BCUT2D eigenvalue weighted by Crippen LogP contribution is -2.13. The van der Waals surface area contributed by atoms with Crippen LogP contribution in [-0.2, 0) is 6.54 Å². The normalized spacial score (nSPS) is 16.6. The van der Waals surface area contributed by atoms with E-state index in [0.717, 1.165) is 23.4 Å². The molecule has 2 aromatic rings. The highest BCUT2D eigenvalue weighted by Crippen LogP contribution is 2.27. The molecule has 3 heteroatoms. The van der Waals surface area contributed by atoms with Gasteiger partial charge in [0.1, 0.15) is 6.61 Å². The number of ketones is 1. The van der Waals surface area contributed by atoms with Crippen molar-refractivity contribution in [3.8, 4) is 0 Å². The number of fused-ring (bicyclic) bond motifs is 1. The molecule has 1 saturated carbocycles. The topological polar surface area (TPSA) is 42.2 Å². The lowest BCUT2D eigenvalue weighted by Gasteiger charge is -2.22. The molecule has 0 saturated heterocycles. The minimum Gasteiger partial charge on any atom is -0.388 e. The Labute approximate surface area is 119 Å². The van der Waals surface area contributed by atoms with Gasteiger partial charge in [-0.1, -0.05) is 31.4 Å². The first-order valence-electron chi connectivity index (χ1n) is 7.51. The van der Waals surface area contributed by atoms with E-state index in [4.69, 9.17) is 5.11 Å². The second-order valence-electron chi connectivity index (χ2n) is 5.83. The van der Waals surface area contributed by atoms with Gasteiger partial charge in [-0.25, -0.2) is 0 Å². The van der Waals surface area contributed by atoms with Crippen LogP contribution in [0.5, 0.6) is 0 Å². The maximum Gasteiger partial charge on any atom is 0.188 e. The fraction of sp³-hybridized carbons (Fsp3) is 0.471. The fourth-order valence-electron chi connectivity index (χ4n) is 3.26. The van der Waals surface area contributed by atoms with Gasteiger partial charge >= 0.3 is 0 Å². The van der Waals surface area contributed by atoms with Gasteiger partial charge in [-0.3, -0.25) is 4.79 Å². The predicted molar refractivity (Wildman–Crippen MR) is 79.9 cm³/mol. The maximum atomic E-state index is 11.6. The van der Waals surface area contributed by atoms with Crippen molar-refractivity contribution in [3.05, 3.63) is 36.0 Å². The quantitative estimate of drug-likeness (QED) is 0.866. The van der Waals surface area contributed by atoms with Crippen molar-refractivity contribution < 1.29 is 9.90 Å². The standard InChI is InChI=1S/C17H21NO2/c19-12-17(20)15-7-6-14-8-9-18(16(14)10-15)11-13-4-2-1-3-5-13/h6-10,13,19H,1-5,11-12H2. The van der Waals surface area contributed by atoms with Crippen LogP contribution in [0.2, 0.25) is 0 Å². The van der Waals surface area contributed by atoms with Crippen molar-refractivity contribution in [1.82, 2.24) is 4.57 Å². The average molecular weight is 271 g/mol. The summed E-state index contributed by atoms with van der Waals surface area (Å²) in [5, 5.41) is 10.1. The van der Waals surface area contributed by atoms with E-state index < -0.39 is 6.61 Å². The van der Waals surface area contributed by atoms with Crippen LogP contribution in [-0.4, -0.2) is 22.1 Å². The molecular formula is C17H21NO2. The molecule has 1 aliphatic rings. The van der Waals surface area contributed by atoms with Crippen molar-refractivity contribution in [2.24, 2.45) is 5.92 Å². The Balaban J connectivity index is 1.88. The molecule has 0 amide bonds. The number of aliphatic hydroxyl groups excluding tert-OH is 1. The number of carbonyl (C=O) groups is 1. The molecular weight excluding hydrogens is 250 g/mol. The van der Waals surface area contributed by atoms with E-state index in [-0.39, 0.29) is 5.78 Å². The van der Waals surface area contributed by atoms with Crippen LogP contribution in [0, 0.1) is 5.92 Å². The molecule has 0 spiro atoms. The van der Waals surface area contributed by atoms with E-state index in [9.17, 15) is 4.79 Å². The SMILES string of the molecule is O=C(CO)c1ccc2ccn(CC3CCCCC3)c2c1. The summed E-state index contributed by atoms with van der Waals surface area (Å²) < 4.78 is 2.26. The molecule has 1 aromatic carbocycles. The number of carbonyl (C=O) groups excluding carboxylic acids is 1. The van der Waals surface area contributed by atoms with E-state index in [1.807, 2.05) is 12.1 Å². The Kier molecular flexibility index (Phi) is 3.88. The Bertz CT molecular complexity index is 608. The summed E-state index contributed by atoms with van der Waals surface area (Å²) in [6.07, 6.45) is 8.81. The summed E-state index contributed by atoms with van der Waals surface area (Å²) in [7, 11) is 0. The van der Waals surface area contributed by atoms with Crippen LogP contribution in [0.25, 0.3) is 10.9 Å². The molecule has 0 aliphatic heterocycles. The minimum atomic E-state index is -0.422. The Morgan fingerprint density at radius 1 is 1.20 bits per heavy atom. The van der Waals surface area contributed by atoms with E-state index in [0.29, 0.717) is 5.56 Å². The molecule has 3 rings (SSSR count). The van der Waals surface area contributed by atoms with Gasteiger partial charge in [0.15, 0.2) is 5.78 Å². The first-order valence-corrected chi connectivity index (χ1v) is 7.51. The molecule has 1 heterocycles. The van der Waals surface area contributed by atoms with Gasteiger partial charge < -0.3 is 9.67 Å². The van der Waals surface area contributed by atoms with Crippen LogP contribution in [0.1, 0.15) is 42.5 Å². The molecule has 0 radical (unpaired) electrons. The zero-order valence-electron chi connectivity index (χ0n) is 11.7. The van der Waals surface area contributed by atoms with Crippen LogP contribution in [0.15, 0.2) is 30.5 Å². The highest BCUT2D eigenvalue weighted by atomic mass is 16.3. The van der Waals surface area contributed by atoms with Gasteiger partial charge in [-0.05, 0) is 36.3 Å². The van der Waals surface area contributed by atoms with Gasteiger partial charge in [0.2, 0.25) is 0 Å². The summed E-state index contributed by atoms with van der Waals surface area (Å²) in [6.45, 7) is 0.620. The lowest BCUT2D eigenvalue weighted by atomic mass is 9.89. The Morgan fingerprint density at radius 2 is 2.00 bits per heavy atom. The predicted octanol–water partition coefficient (Wildman–Crippen LogP) is 3.40. The minimum absolute atomic E-state index is 0.211. The molecule has 20 heavy (non-hydrogen) atoms. The third kappa shape index (κ3) is 2.63. The van der Waals surface area contributed by atoms with Crippen molar-refractivity contribution in [3.63, 3.8) is 0 Å². The number of rotatable bonds is 4. The van der Waals surface area contributed by atoms with E-state index in [2.05, 4.69) is 16.8 Å². The number of benzene rings is 1. The van der Waals surface area contributed by atoms with Crippen LogP contribution >= 0.6 is 0 Å².